The van der Waals surface area contributed by atoms with Gasteiger partial charge in [-0.25, -0.2) is 8.42 Å². The summed E-state index contributed by atoms with van der Waals surface area (Å²) in [7, 11) is -2.37. The molecule has 0 aromatic heterocycles. The molecule has 3 aromatic rings. The van der Waals surface area contributed by atoms with Crippen LogP contribution in [0.2, 0.25) is 0 Å². The number of likely N-dealkylation sites (N-methyl/N-ethyl adjacent to an activating group) is 1. The van der Waals surface area contributed by atoms with Crippen molar-refractivity contribution in [2.45, 2.75) is 56.6 Å². The second kappa shape index (κ2) is 12.7. The average Bonchev–Trinajstić information content (AvgIpc) is 2.88. The van der Waals surface area contributed by atoms with E-state index in [4.69, 9.17) is 5.11 Å². The molecule has 3 aromatic carbocycles. The van der Waals surface area contributed by atoms with Crippen molar-refractivity contribution in [1.29, 1.82) is 0 Å². The van der Waals surface area contributed by atoms with E-state index < -0.39 is 22.1 Å². The zero-order valence-corrected chi connectivity index (χ0v) is 23.3. The predicted octanol–water partition coefficient (Wildman–Crippen LogP) is 4.14. The summed E-state index contributed by atoms with van der Waals surface area (Å²) in [5, 5.41) is 23.0. The number of β-amino-alcohol motifs (C(OH)–C–C–N with tert-alkyl or cyclic N) is 1. The molecule has 0 unspecified atom stereocenters. The average molecular weight is 539 g/mol. The fourth-order valence-electron chi connectivity index (χ4n) is 4.32. The van der Waals surface area contributed by atoms with Gasteiger partial charge in [-0.05, 0) is 66.6 Å². The summed E-state index contributed by atoms with van der Waals surface area (Å²) in [6.07, 6.45) is 0.819. The number of carbonyl (C=O) groups is 1. The topological polar surface area (TPSA) is 107 Å². The first-order chi connectivity index (χ1) is 17.9. The van der Waals surface area contributed by atoms with Gasteiger partial charge in [0.05, 0.1) is 17.4 Å². The van der Waals surface area contributed by atoms with Crippen molar-refractivity contribution in [3.63, 3.8) is 0 Å². The third-order valence-electron chi connectivity index (χ3n) is 6.55. The molecule has 1 atom stereocenters. The van der Waals surface area contributed by atoms with Gasteiger partial charge in [-0.15, -0.1) is 0 Å². The summed E-state index contributed by atoms with van der Waals surface area (Å²) in [6.45, 7) is 6.45. The second-order valence-electron chi connectivity index (χ2n) is 10.3. The number of nitrogens with zero attached hydrogens (tertiary/aromatic N) is 1. The molecule has 0 fully saturated rings. The van der Waals surface area contributed by atoms with Gasteiger partial charge in [-0.1, -0.05) is 67.6 Å². The molecular weight excluding hydrogens is 500 g/mol. The molecule has 0 radical (unpaired) electrons. The molecule has 7 nitrogen and oxygen atoms in total. The molecule has 3 rings (SSSR count). The summed E-state index contributed by atoms with van der Waals surface area (Å²) in [5.41, 5.74) is 4.38. The fourth-order valence-corrected chi connectivity index (χ4v) is 5.58. The zero-order chi connectivity index (χ0) is 27.9. The van der Waals surface area contributed by atoms with Crippen LogP contribution < -0.4 is 5.32 Å². The standard InChI is InChI=1S/C30H38N2O5S/c1-5-22-9-11-24(12-10-22)19-30(2,3)31-20-27(33)21-32(4)38(36,37)28-8-6-7-26(18-28)25-15-13-23(14-16-25)17-29(34)35/h6-16,18,27,31,33H,5,17,19-21H2,1-4H3,(H,34,35)/t27-/m1/s1. The first kappa shape index (κ1) is 29.5. The van der Waals surface area contributed by atoms with Crippen LogP contribution in [0, 0.1) is 0 Å². The summed E-state index contributed by atoms with van der Waals surface area (Å²) < 4.78 is 27.7. The highest BCUT2D eigenvalue weighted by atomic mass is 32.2. The predicted molar refractivity (Wildman–Crippen MR) is 151 cm³/mol. The maximum absolute atomic E-state index is 13.3. The van der Waals surface area contributed by atoms with Crippen LogP contribution in [-0.2, 0) is 34.1 Å². The van der Waals surface area contributed by atoms with Crippen molar-refractivity contribution >= 4 is 16.0 Å². The minimum Gasteiger partial charge on any atom is -0.481 e. The number of hydrogen-bond acceptors (Lipinski definition) is 5. The maximum atomic E-state index is 13.3. The first-order valence-corrected chi connectivity index (χ1v) is 14.2. The Balaban J connectivity index is 1.61. The molecule has 8 heteroatoms. The third-order valence-corrected chi connectivity index (χ3v) is 8.37. The van der Waals surface area contributed by atoms with Gasteiger partial charge in [0.2, 0.25) is 10.0 Å². The quantitative estimate of drug-likeness (QED) is 0.302. The van der Waals surface area contributed by atoms with Crippen LogP contribution in [0.3, 0.4) is 0 Å². The van der Waals surface area contributed by atoms with Crippen molar-refractivity contribution < 1.29 is 23.4 Å². The van der Waals surface area contributed by atoms with Crippen molar-refractivity contribution in [2.24, 2.45) is 0 Å². The van der Waals surface area contributed by atoms with Crippen molar-refractivity contribution in [1.82, 2.24) is 9.62 Å². The Morgan fingerprint density at radius 2 is 1.55 bits per heavy atom. The van der Waals surface area contributed by atoms with E-state index in [1.165, 1.54) is 28.5 Å². The lowest BCUT2D eigenvalue weighted by Crippen LogP contribution is -2.47. The smallest absolute Gasteiger partial charge is 0.307 e. The Bertz CT molecular complexity index is 1320. The minimum atomic E-state index is -3.83. The van der Waals surface area contributed by atoms with Crippen molar-refractivity contribution in [3.8, 4) is 11.1 Å². The highest BCUT2D eigenvalue weighted by Crippen LogP contribution is 2.25. The fraction of sp³-hybridized carbons (Fsp3) is 0.367. The Morgan fingerprint density at radius 1 is 0.947 bits per heavy atom. The third kappa shape index (κ3) is 8.23. The molecule has 0 amide bonds. The number of benzene rings is 3. The molecule has 0 aliphatic carbocycles. The molecule has 0 aliphatic heterocycles. The van der Waals surface area contributed by atoms with Gasteiger partial charge in [-0.2, -0.15) is 4.31 Å². The molecule has 3 N–H and O–H groups in total. The number of nitrogens with one attached hydrogen (secondary N) is 1. The van der Waals surface area contributed by atoms with Crippen LogP contribution in [0.5, 0.6) is 0 Å². The molecule has 0 bridgehead atoms. The van der Waals surface area contributed by atoms with Crippen molar-refractivity contribution in [3.05, 3.63) is 89.5 Å². The number of carboxylic acids is 1. The molecule has 0 saturated heterocycles. The lowest BCUT2D eigenvalue weighted by atomic mass is 9.94. The summed E-state index contributed by atoms with van der Waals surface area (Å²) in [5.74, 6) is -0.906. The number of aliphatic carboxylic acids is 1. The Morgan fingerprint density at radius 3 is 2.16 bits per heavy atom. The summed E-state index contributed by atoms with van der Waals surface area (Å²) >= 11 is 0. The molecule has 0 spiro atoms. The number of aliphatic hydroxyl groups excluding tert-OH is 1. The van der Waals surface area contributed by atoms with E-state index in [1.54, 1.807) is 36.4 Å². The summed E-state index contributed by atoms with van der Waals surface area (Å²) in [4.78, 5) is 11.0. The van der Waals surface area contributed by atoms with Crippen LogP contribution >= 0.6 is 0 Å². The number of hydrogen-bond donors (Lipinski definition) is 3. The van der Waals surface area contributed by atoms with Crippen LogP contribution in [0.1, 0.15) is 37.5 Å². The van der Waals surface area contributed by atoms with Gasteiger partial charge < -0.3 is 15.5 Å². The van der Waals surface area contributed by atoms with E-state index in [0.29, 0.717) is 11.1 Å². The van der Waals surface area contributed by atoms with Gasteiger partial charge in [0, 0.05) is 25.7 Å². The van der Waals surface area contributed by atoms with E-state index >= 15 is 0 Å². The Labute approximate surface area is 226 Å². The Kier molecular flexibility index (Phi) is 9.84. The lowest BCUT2D eigenvalue weighted by molar-refractivity contribution is -0.136. The van der Waals surface area contributed by atoms with E-state index in [1.807, 2.05) is 6.07 Å². The highest BCUT2D eigenvalue weighted by molar-refractivity contribution is 7.89. The molecule has 38 heavy (non-hydrogen) atoms. The van der Waals surface area contributed by atoms with E-state index in [9.17, 15) is 18.3 Å². The first-order valence-electron chi connectivity index (χ1n) is 12.8. The van der Waals surface area contributed by atoms with E-state index in [2.05, 4.69) is 50.4 Å². The molecule has 204 valence electrons. The molecule has 0 saturated carbocycles. The number of rotatable bonds is 13. The SMILES string of the molecule is CCc1ccc(CC(C)(C)NC[C@@H](O)CN(C)S(=O)(=O)c2cccc(-c3ccc(CC(=O)O)cc3)c2)cc1. The summed E-state index contributed by atoms with van der Waals surface area (Å²) in [6, 6.07) is 22.1. The molecular formula is C30H38N2O5S. The molecule has 0 heterocycles. The number of carboxylic acid groups (broad SMARTS) is 1. The van der Waals surface area contributed by atoms with Crippen molar-refractivity contribution in [2.75, 3.05) is 20.1 Å². The van der Waals surface area contributed by atoms with Gasteiger partial charge in [0.1, 0.15) is 0 Å². The minimum absolute atomic E-state index is 0.0509. The van der Waals surface area contributed by atoms with E-state index in [-0.39, 0.29) is 29.9 Å². The highest BCUT2D eigenvalue weighted by Gasteiger charge is 2.25. The van der Waals surface area contributed by atoms with Crippen LogP contribution in [0.4, 0.5) is 0 Å². The monoisotopic (exact) mass is 538 g/mol. The van der Waals surface area contributed by atoms with Crippen LogP contribution in [0.25, 0.3) is 11.1 Å². The van der Waals surface area contributed by atoms with Gasteiger partial charge >= 0.3 is 5.97 Å². The lowest BCUT2D eigenvalue weighted by Gasteiger charge is -2.29. The van der Waals surface area contributed by atoms with Crippen LogP contribution in [-0.4, -0.2) is 60.7 Å². The largest absolute Gasteiger partial charge is 0.481 e. The van der Waals surface area contributed by atoms with Gasteiger partial charge in [0.15, 0.2) is 0 Å². The second-order valence-corrected chi connectivity index (χ2v) is 12.4. The van der Waals surface area contributed by atoms with Gasteiger partial charge in [-0.3, -0.25) is 4.79 Å². The van der Waals surface area contributed by atoms with Crippen LogP contribution in [0.15, 0.2) is 77.7 Å². The van der Waals surface area contributed by atoms with Gasteiger partial charge in [0.25, 0.3) is 0 Å². The van der Waals surface area contributed by atoms with E-state index in [0.717, 1.165) is 18.4 Å². The maximum Gasteiger partial charge on any atom is 0.307 e. The number of aliphatic hydroxyl groups is 1. The number of sulfonamides is 1. The Hall–Kier alpha value is -3.04. The number of aryl methyl sites for hydroxylation is 1. The molecule has 0 aliphatic rings. The normalized spacial score (nSPS) is 13.0. The zero-order valence-electron chi connectivity index (χ0n) is 22.5.